The zero-order chi connectivity index (χ0) is 17.0. The summed E-state index contributed by atoms with van der Waals surface area (Å²) in [4.78, 5) is 12.1. The largest absolute Gasteiger partial charge is 0.346 e. The maximum atomic E-state index is 13.1. The third kappa shape index (κ3) is 3.89. The van der Waals surface area contributed by atoms with E-state index in [-0.39, 0.29) is 11.4 Å². The molecule has 2 rings (SSSR count). The molecule has 0 aliphatic rings. The Kier molecular flexibility index (Phi) is 5.05. The van der Waals surface area contributed by atoms with Gasteiger partial charge in [0.2, 0.25) is 0 Å². The molecule has 1 heterocycles. The number of aromatic nitrogens is 2. The zero-order valence-electron chi connectivity index (χ0n) is 12.5. The van der Waals surface area contributed by atoms with Gasteiger partial charge in [0, 0.05) is 0 Å². The molecule has 0 fully saturated rings. The van der Waals surface area contributed by atoms with Crippen LogP contribution in [-0.4, -0.2) is 34.7 Å². The molecule has 0 atom stereocenters. The van der Waals surface area contributed by atoms with E-state index in [2.05, 4.69) is 10.4 Å². The molecule has 1 aromatic heterocycles. The van der Waals surface area contributed by atoms with Crippen LogP contribution in [0.1, 0.15) is 23.0 Å². The fourth-order valence-corrected chi connectivity index (χ4v) is 2.09. The van der Waals surface area contributed by atoms with Gasteiger partial charge in [0.25, 0.3) is 11.8 Å². The molecule has 5 nitrogen and oxygen atoms in total. The first kappa shape index (κ1) is 17.0. The first-order valence-corrected chi connectivity index (χ1v) is 7.07. The van der Waals surface area contributed by atoms with E-state index in [1.807, 2.05) is 6.92 Å². The summed E-state index contributed by atoms with van der Waals surface area (Å²) in [5.74, 6) is -4.20. The van der Waals surface area contributed by atoms with Crippen LogP contribution in [0.25, 0.3) is 5.69 Å². The molecule has 0 radical (unpaired) electrons. The Hall–Kier alpha value is -2.35. The second kappa shape index (κ2) is 6.82. The van der Waals surface area contributed by atoms with Crippen molar-refractivity contribution in [1.82, 2.24) is 15.1 Å². The van der Waals surface area contributed by atoms with Gasteiger partial charge in [-0.15, -0.1) is 0 Å². The van der Waals surface area contributed by atoms with E-state index in [9.17, 15) is 18.0 Å². The number of carbonyl (C=O) groups is 1. The summed E-state index contributed by atoms with van der Waals surface area (Å²) in [7, 11) is 0. The molecular weight excluding hydrogens is 309 g/mol. The van der Waals surface area contributed by atoms with Crippen LogP contribution in [-0.2, 0) is 6.42 Å². The van der Waals surface area contributed by atoms with Gasteiger partial charge in [0.15, 0.2) is 0 Å². The molecule has 3 N–H and O–H groups in total. The number of rotatable bonds is 6. The Morgan fingerprint density at radius 3 is 2.57 bits per heavy atom. The number of benzene rings is 1. The Bertz CT molecular complexity index is 683. The summed E-state index contributed by atoms with van der Waals surface area (Å²) in [6.07, 6.45) is 1.76. The molecule has 0 aliphatic carbocycles. The second-order valence-electron chi connectivity index (χ2n) is 4.99. The molecule has 0 unspecified atom stereocenters. The zero-order valence-corrected chi connectivity index (χ0v) is 12.5. The van der Waals surface area contributed by atoms with Crippen molar-refractivity contribution in [2.75, 3.05) is 13.1 Å². The third-order valence-electron chi connectivity index (χ3n) is 3.33. The molecule has 124 valence electrons. The molecule has 0 saturated carbocycles. The van der Waals surface area contributed by atoms with Crippen molar-refractivity contribution in [2.24, 2.45) is 5.73 Å². The third-order valence-corrected chi connectivity index (χ3v) is 3.33. The second-order valence-corrected chi connectivity index (χ2v) is 4.99. The first-order chi connectivity index (χ1) is 10.9. The van der Waals surface area contributed by atoms with Crippen LogP contribution < -0.4 is 11.1 Å². The number of carbonyl (C=O) groups excluding carboxylic acids is 1. The summed E-state index contributed by atoms with van der Waals surface area (Å²) in [6.45, 7) is 0.123. The Morgan fingerprint density at radius 1 is 1.35 bits per heavy atom. The van der Waals surface area contributed by atoms with Gasteiger partial charge in [-0.2, -0.15) is 5.10 Å². The number of alkyl halides is 2. The van der Waals surface area contributed by atoms with Gasteiger partial charge in [-0.1, -0.05) is 6.92 Å². The predicted octanol–water partition coefficient (Wildman–Crippen LogP) is 1.90. The highest BCUT2D eigenvalue weighted by Gasteiger charge is 2.28. The lowest BCUT2D eigenvalue weighted by molar-refractivity contribution is 0.0118. The SMILES string of the molecule is CCc1c(C(=O)NCC(F)(F)CN)cnn1-c1ccc(F)cc1. The normalized spacial score (nSPS) is 11.5. The van der Waals surface area contributed by atoms with Crippen molar-refractivity contribution in [3.63, 3.8) is 0 Å². The molecule has 2 aromatic rings. The lowest BCUT2D eigenvalue weighted by Gasteiger charge is -2.14. The van der Waals surface area contributed by atoms with Crippen molar-refractivity contribution in [2.45, 2.75) is 19.3 Å². The van der Waals surface area contributed by atoms with Crippen molar-refractivity contribution in [3.8, 4) is 5.69 Å². The number of hydrogen-bond acceptors (Lipinski definition) is 3. The van der Waals surface area contributed by atoms with E-state index in [1.165, 1.54) is 35.1 Å². The number of hydrogen-bond donors (Lipinski definition) is 2. The lowest BCUT2D eigenvalue weighted by atomic mass is 10.2. The quantitative estimate of drug-likeness (QED) is 0.851. The van der Waals surface area contributed by atoms with Crippen molar-refractivity contribution < 1.29 is 18.0 Å². The molecule has 0 spiro atoms. The van der Waals surface area contributed by atoms with Gasteiger partial charge in [-0.3, -0.25) is 4.79 Å². The summed E-state index contributed by atoms with van der Waals surface area (Å²) in [5.41, 5.74) is 6.25. The van der Waals surface area contributed by atoms with Gasteiger partial charge in [-0.05, 0) is 30.7 Å². The van der Waals surface area contributed by atoms with Gasteiger partial charge in [-0.25, -0.2) is 17.9 Å². The maximum absolute atomic E-state index is 13.1. The Labute approximate surface area is 131 Å². The smallest absolute Gasteiger partial charge is 0.277 e. The lowest BCUT2D eigenvalue weighted by Crippen LogP contribution is -2.41. The van der Waals surface area contributed by atoms with E-state index in [4.69, 9.17) is 5.73 Å². The number of nitrogens with two attached hydrogens (primary N) is 1. The summed E-state index contributed by atoms with van der Waals surface area (Å²) < 4.78 is 40.7. The van der Waals surface area contributed by atoms with Crippen molar-refractivity contribution >= 4 is 5.91 Å². The summed E-state index contributed by atoms with van der Waals surface area (Å²) in [6, 6.07) is 5.59. The van der Waals surface area contributed by atoms with Gasteiger partial charge < -0.3 is 11.1 Å². The van der Waals surface area contributed by atoms with Gasteiger partial charge >= 0.3 is 0 Å². The van der Waals surface area contributed by atoms with Gasteiger partial charge in [0.05, 0.1) is 36.2 Å². The first-order valence-electron chi connectivity index (χ1n) is 7.07. The number of nitrogens with one attached hydrogen (secondary N) is 1. The average molecular weight is 326 g/mol. The molecular formula is C15H17F3N4O. The summed E-state index contributed by atoms with van der Waals surface area (Å²) >= 11 is 0. The fraction of sp³-hybridized carbons (Fsp3) is 0.333. The van der Waals surface area contributed by atoms with Crippen LogP contribution in [0.2, 0.25) is 0 Å². The van der Waals surface area contributed by atoms with Crippen LogP contribution in [0.3, 0.4) is 0 Å². The minimum Gasteiger partial charge on any atom is -0.346 e. The molecule has 23 heavy (non-hydrogen) atoms. The van der Waals surface area contributed by atoms with E-state index in [0.717, 1.165) is 0 Å². The van der Waals surface area contributed by atoms with Crippen molar-refractivity contribution in [1.29, 1.82) is 0 Å². The van der Waals surface area contributed by atoms with Crippen molar-refractivity contribution in [3.05, 3.63) is 47.5 Å². The van der Waals surface area contributed by atoms with E-state index >= 15 is 0 Å². The van der Waals surface area contributed by atoms with E-state index in [0.29, 0.717) is 17.8 Å². The molecule has 8 heteroatoms. The van der Waals surface area contributed by atoms with E-state index < -0.39 is 24.9 Å². The highest BCUT2D eigenvalue weighted by Crippen LogP contribution is 2.17. The van der Waals surface area contributed by atoms with E-state index in [1.54, 1.807) is 0 Å². The monoisotopic (exact) mass is 326 g/mol. The highest BCUT2D eigenvalue weighted by atomic mass is 19.3. The molecule has 0 aliphatic heterocycles. The topological polar surface area (TPSA) is 72.9 Å². The maximum Gasteiger partial charge on any atom is 0.277 e. The average Bonchev–Trinajstić information content (AvgIpc) is 2.97. The van der Waals surface area contributed by atoms with Crippen LogP contribution in [0, 0.1) is 5.82 Å². The van der Waals surface area contributed by atoms with Gasteiger partial charge in [0.1, 0.15) is 5.82 Å². The number of nitrogens with zero attached hydrogens (tertiary/aromatic N) is 2. The minimum atomic E-state index is -3.16. The predicted molar refractivity (Wildman–Crippen MR) is 79.2 cm³/mol. The Morgan fingerprint density at radius 2 is 2.00 bits per heavy atom. The minimum absolute atomic E-state index is 0.199. The standard InChI is InChI=1S/C15H17F3N4O/c1-2-13-12(14(23)20-9-15(17,18)8-19)7-21-22(13)11-5-3-10(16)4-6-11/h3-7H,2,8-9,19H2,1H3,(H,20,23). The van der Waals surface area contributed by atoms with Crippen LogP contribution in [0.15, 0.2) is 30.5 Å². The number of amides is 1. The molecule has 0 bridgehead atoms. The highest BCUT2D eigenvalue weighted by molar-refractivity contribution is 5.95. The molecule has 1 amide bonds. The Balaban J connectivity index is 2.24. The van der Waals surface area contributed by atoms with Crippen LogP contribution in [0.4, 0.5) is 13.2 Å². The fourth-order valence-electron chi connectivity index (χ4n) is 2.09. The summed E-state index contributed by atoms with van der Waals surface area (Å²) in [5, 5.41) is 6.25. The van der Waals surface area contributed by atoms with Crippen LogP contribution >= 0.6 is 0 Å². The molecule has 1 aromatic carbocycles. The number of halogens is 3. The molecule has 0 saturated heterocycles. The van der Waals surface area contributed by atoms with Crippen LogP contribution in [0.5, 0.6) is 0 Å².